The predicted octanol–water partition coefficient (Wildman–Crippen LogP) is 0.964. The summed E-state index contributed by atoms with van der Waals surface area (Å²) >= 11 is 0. The molecular formula is C11H19ClN4O. The molecule has 17 heavy (non-hydrogen) atoms. The molecular weight excluding hydrogens is 240 g/mol. The Morgan fingerprint density at radius 3 is 3.00 bits per heavy atom. The number of carbonyl (C=O) groups excluding carboxylic acids is 1. The highest BCUT2D eigenvalue weighted by molar-refractivity contribution is 5.92. The average molecular weight is 259 g/mol. The summed E-state index contributed by atoms with van der Waals surface area (Å²) in [5, 5.41) is 10.0. The maximum atomic E-state index is 12.1. The van der Waals surface area contributed by atoms with E-state index in [0.717, 1.165) is 31.6 Å². The summed E-state index contributed by atoms with van der Waals surface area (Å²) in [4.78, 5) is 14.0. The third-order valence-electron chi connectivity index (χ3n) is 3.04. The quantitative estimate of drug-likeness (QED) is 0.831. The highest BCUT2D eigenvalue weighted by Gasteiger charge is 2.24. The van der Waals surface area contributed by atoms with Crippen LogP contribution in [0.1, 0.15) is 29.0 Å². The van der Waals surface area contributed by atoms with Crippen LogP contribution in [-0.2, 0) is 0 Å². The smallest absolute Gasteiger partial charge is 0.274 e. The zero-order valence-corrected chi connectivity index (χ0v) is 11.0. The summed E-state index contributed by atoms with van der Waals surface area (Å²) < 4.78 is 0. The van der Waals surface area contributed by atoms with Crippen molar-refractivity contribution in [1.29, 1.82) is 0 Å². The lowest BCUT2D eigenvalue weighted by Crippen LogP contribution is -2.47. The van der Waals surface area contributed by atoms with Gasteiger partial charge in [0.25, 0.3) is 5.91 Å². The Kier molecular flexibility index (Phi) is 4.96. The Morgan fingerprint density at radius 1 is 1.65 bits per heavy atom. The number of amides is 1. The number of likely N-dealkylation sites (N-methyl/N-ethyl adjacent to an activating group) is 1. The number of piperidine rings is 1. The first-order chi connectivity index (χ1) is 7.70. The van der Waals surface area contributed by atoms with E-state index >= 15 is 0 Å². The van der Waals surface area contributed by atoms with E-state index in [9.17, 15) is 4.79 Å². The number of nitrogens with one attached hydrogen (secondary N) is 2. The summed E-state index contributed by atoms with van der Waals surface area (Å²) in [5.41, 5.74) is 1.44. The lowest BCUT2D eigenvalue weighted by molar-refractivity contribution is 0.0692. The highest BCUT2D eigenvalue weighted by Crippen LogP contribution is 2.12. The minimum atomic E-state index is 0. The molecule has 1 atom stereocenters. The minimum absolute atomic E-state index is 0. The Hall–Kier alpha value is -1.07. The van der Waals surface area contributed by atoms with Crippen LogP contribution in [-0.4, -0.2) is 47.2 Å². The normalized spacial score (nSPS) is 19.9. The molecule has 0 aliphatic carbocycles. The molecule has 2 heterocycles. The van der Waals surface area contributed by atoms with Gasteiger partial charge in [0.2, 0.25) is 0 Å². The number of nitrogens with zero attached hydrogens (tertiary/aromatic N) is 2. The van der Waals surface area contributed by atoms with Gasteiger partial charge in [0, 0.05) is 24.8 Å². The van der Waals surface area contributed by atoms with Gasteiger partial charge in [-0.05, 0) is 32.9 Å². The van der Waals surface area contributed by atoms with Gasteiger partial charge in [-0.3, -0.25) is 9.89 Å². The van der Waals surface area contributed by atoms with Crippen molar-refractivity contribution < 1.29 is 4.79 Å². The number of rotatable bonds is 2. The average Bonchev–Trinajstić information content (AvgIpc) is 2.75. The van der Waals surface area contributed by atoms with Crippen LogP contribution in [0.5, 0.6) is 0 Å². The van der Waals surface area contributed by atoms with Crippen molar-refractivity contribution in [3.8, 4) is 0 Å². The number of hydrogen-bond donors (Lipinski definition) is 2. The van der Waals surface area contributed by atoms with Crippen LogP contribution in [0.3, 0.4) is 0 Å². The zero-order chi connectivity index (χ0) is 11.5. The van der Waals surface area contributed by atoms with E-state index < -0.39 is 0 Å². The molecule has 1 aromatic rings. The second-order valence-corrected chi connectivity index (χ2v) is 4.32. The fraction of sp³-hybridized carbons (Fsp3) is 0.636. The van der Waals surface area contributed by atoms with Crippen LogP contribution < -0.4 is 5.32 Å². The number of likely N-dealkylation sites (tertiary alicyclic amines) is 1. The number of H-pyrrole nitrogens is 1. The molecule has 2 rings (SSSR count). The molecule has 96 valence electrons. The molecule has 2 N–H and O–H groups in total. The Labute approximate surface area is 107 Å². The van der Waals surface area contributed by atoms with E-state index in [1.807, 2.05) is 18.9 Å². The van der Waals surface area contributed by atoms with Gasteiger partial charge in [-0.2, -0.15) is 5.10 Å². The lowest BCUT2D eigenvalue weighted by Gasteiger charge is -2.32. The van der Waals surface area contributed by atoms with Crippen LogP contribution in [0.25, 0.3) is 0 Å². The van der Waals surface area contributed by atoms with Crippen LogP contribution in [0.15, 0.2) is 6.07 Å². The molecule has 5 nitrogen and oxygen atoms in total. The molecule has 0 radical (unpaired) electrons. The standard InChI is InChI=1S/C11H18N4O.ClH/c1-8-6-10(14-13-8)11(16)15-5-3-4-9(7-15)12-2;/h6,9,12H,3-5,7H2,1-2H3,(H,13,14);1H. The molecule has 1 aliphatic rings. The lowest BCUT2D eigenvalue weighted by atomic mass is 10.1. The second kappa shape index (κ2) is 6.02. The van der Waals surface area contributed by atoms with Crippen molar-refractivity contribution in [2.24, 2.45) is 0 Å². The Morgan fingerprint density at radius 2 is 2.41 bits per heavy atom. The van der Waals surface area contributed by atoms with Crippen molar-refractivity contribution in [2.75, 3.05) is 20.1 Å². The number of carbonyl (C=O) groups is 1. The van der Waals surface area contributed by atoms with Gasteiger partial charge in [-0.15, -0.1) is 12.4 Å². The summed E-state index contributed by atoms with van der Waals surface area (Å²) in [6.45, 7) is 3.51. The van der Waals surface area contributed by atoms with Gasteiger partial charge >= 0.3 is 0 Å². The van der Waals surface area contributed by atoms with Crippen LogP contribution in [0.4, 0.5) is 0 Å². The van der Waals surface area contributed by atoms with Gasteiger partial charge in [0.05, 0.1) is 0 Å². The molecule has 6 heteroatoms. The van der Waals surface area contributed by atoms with E-state index in [0.29, 0.717) is 11.7 Å². The molecule has 1 amide bonds. The summed E-state index contributed by atoms with van der Waals surface area (Å²) in [5.74, 6) is 0.0318. The molecule has 0 bridgehead atoms. The third-order valence-corrected chi connectivity index (χ3v) is 3.04. The highest BCUT2D eigenvalue weighted by atomic mass is 35.5. The number of aromatic amines is 1. The van der Waals surface area contributed by atoms with E-state index in [1.165, 1.54) is 0 Å². The minimum Gasteiger partial charge on any atom is -0.336 e. The Balaban J connectivity index is 0.00000144. The SMILES string of the molecule is CNC1CCCN(C(=O)c2cc(C)[nH]n2)C1.Cl. The molecule has 0 aromatic carbocycles. The number of halogens is 1. The van der Waals surface area contributed by atoms with Crippen LogP contribution >= 0.6 is 12.4 Å². The van der Waals surface area contributed by atoms with E-state index in [4.69, 9.17) is 0 Å². The topological polar surface area (TPSA) is 61.0 Å². The largest absolute Gasteiger partial charge is 0.336 e. The molecule has 0 saturated carbocycles. The first-order valence-corrected chi connectivity index (χ1v) is 5.69. The summed E-state index contributed by atoms with van der Waals surface area (Å²) in [6.07, 6.45) is 2.19. The molecule has 1 saturated heterocycles. The molecule has 1 unspecified atom stereocenters. The predicted molar refractivity (Wildman–Crippen MR) is 68.6 cm³/mol. The Bertz CT molecular complexity index is 379. The molecule has 1 fully saturated rings. The van der Waals surface area contributed by atoms with E-state index in [1.54, 1.807) is 6.07 Å². The van der Waals surface area contributed by atoms with Gasteiger partial charge in [-0.1, -0.05) is 0 Å². The van der Waals surface area contributed by atoms with Gasteiger partial charge in [0.1, 0.15) is 5.69 Å². The maximum absolute atomic E-state index is 12.1. The number of hydrogen-bond acceptors (Lipinski definition) is 3. The summed E-state index contributed by atoms with van der Waals surface area (Å²) in [6, 6.07) is 2.21. The van der Waals surface area contributed by atoms with Gasteiger partial charge < -0.3 is 10.2 Å². The molecule has 0 spiro atoms. The van der Waals surface area contributed by atoms with Crippen LogP contribution in [0.2, 0.25) is 0 Å². The summed E-state index contributed by atoms with van der Waals surface area (Å²) in [7, 11) is 1.94. The third kappa shape index (κ3) is 3.20. The van der Waals surface area contributed by atoms with Crippen LogP contribution in [0, 0.1) is 6.92 Å². The fourth-order valence-electron chi connectivity index (χ4n) is 2.09. The second-order valence-electron chi connectivity index (χ2n) is 4.32. The number of aryl methyl sites for hydroxylation is 1. The first-order valence-electron chi connectivity index (χ1n) is 5.69. The van der Waals surface area contributed by atoms with Crippen molar-refractivity contribution in [1.82, 2.24) is 20.4 Å². The molecule has 1 aliphatic heterocycles. The van der Waals surface area contributed by atoms with Crippen molar-refractivity contribution in [3.63, 3.8) is 0 Å². The monoisotopic (exact) mass is 258 g/mol. The molecule has 1 aromatic heterocycles. The zero-order valence-electron chi connectivity index (χ0n) is 10.2. The number of aromatic nitrogens is 2. The fourth-order valence-corrected chi connectivity index (χ4v) is 2.09. The van der Waals surface area contributed by atoms with E-state index in [2.05, 4.69) is 15.5 Å². The van der Waals surface area contributed by atoms with Gasteiger partial charge in [-0.25, -0.2) is 0 Å². The van der Waals surface area contributed by atoms with Gasteiger partial charge in [0.15, 0.2) is 0 Å². The first kappa shape index (κ1) is 14.0. The van der Waals surface area contributed by atoms with Crippen molar-refractivity contribution in [3.05, 3.63) is 17.5 Å². The van der Waals surface area contributed by atoms with Crippen molar-refractivity contribution >= 4 is 18.3 Å². The maximum Gasteiger partial charge on any atom is 0.274 e. The van der Waals surface area contributed by atoms with Crippen molar-refractivity contribution in [2.45, 2.75) is 25.8 Å². The van der Waals surface area contributed by atoms with E-state index in [-0.39, 0.29) is 18.3 Å².